The summed E-state index contributed by atoms with van der Waals surface area (Å²) >= 11 is 0.351. The molecular formula is C24H21N3O3Se. The van der Waals surface area contributed by atoms with Gasteiger partial charge in [0.05, 0.1) is 0 Å². The van der Waals surface area contributed by atoms with Crippen LogP contribution in [0, 0.1) is 0 Å². The van der Waals surface area contributed by atoms with Gasteiger partial charge in [0.2, 0.25) is 0 Å². The Morgan fingerprint density at radius 3 is 2.45 bits per heavy atom. The molecule has 1 unspecified atom stereocenters. The number of carbonyl (C=O) groups is 2. The number of aromatic nitrogens is 3. The van der Waals surface area contributed by atoms with Crippen LogP contribution in [0.1, 0.15) is 47.1 Å². The van der Waals surface area contributed by atoms with Crippen LogP contribution >= 0.6 is 0 Å². The molecule has 0 amide bonds. The van der Waals surface area contributed by atoms with Crippen LogP contribution in [-0.2, 0) is 20.2 Å². The van der Waals surface area contributed by atoms with Crippen LogP contribution in [0.3, 0.4) is 0 Å². The molecule has 31 heavy (non-hydrogen) atoms. The average Bonchev–Trinajstić information content (AvgIpc) is 3.34. The van der Waals surface area contributed by atoms with E-state index in [1.165, 1.54) is 5.56 Å². The molecule has 0 N–H and O–H groups in total. The van der Waals surface area contributed by atoms with E-state index in [-0.39, 0.29) is 0 Å². The number of Topliss-reactive ketones (excluding diaryl/α,β-unsaturated/α-hetero) is 2. The van der Waals surface area contributed by atoms with Gasteiger partial charge in [-0.3, -0.25) is 0 Å². The third kappa shape index (κ3) is 3.44. The Hall–Kier alpha value is -3.02. The van der Waals surface area contributed by atoms with Gasteiger partial charge < -0.3 is 0 Å². The van der Waals surface area contributed by atoms with E-state index < -0.39 is 23.2 Å². The second kappa shape index (κ2) is 7.59. The van der Waals surface area contributed by atoms with Crippen molar-refractivity contribution >= 4 is 32.3 Å². The van der Waals surface area contributed by atoms with Crippen molar-refractivity contribution in [2.24, 2.45) is 0 Å². The van der Waals surface area contributed by atoms with Gasteiger partial charge in [-0.25, -0.2) is 0 Å². The van der Waals surface area contributed by atoms with Gasteiger partial charge in [-0.1, -0.05) is 0 Å². The first kappa shape index (κ1) is 19.9. The second-order valence-corrected chi connectivity index (χ2v) is 10.3. The summed E-state index contributed by atoms with van der Waals surface area (Å²) in [5.74, 6) is -0.526. The minimum atomic E-state index is -0.738. The summed E-state index contributed by atoms with van der Waals surface area (Å²) in [7, 11) is 0. The standard InChI is InChI=1S/C24H21N3O3Se/c1-24(2)23(19-21(29)20(28)17-10-6-7-11-18(17)22(19)30-24)27-12-16(25-26-27)14-31-13-15-8-4-3-5-9-15/h3-12,23H,13-14H2,1-2H3. The topological polar surface area (TPSA) is 74.1 Å². The van der Waals surface area contributed by atoms with E-state index in [0.29, 0.717) is 37.4 Å². The van der Waals surface area contributed by atoms with Crippen LogP contribution in [-0.4, -0.2) is 47.1 Å². The molecule has 6 nitrogen and oxygen atoms in total. The molecule has 156 valence electrons. The van der Waals surface area contributed by atoms with E-state index in [1.54, 1.807) is 16.8 Å². The summed E-state index contributed by atoms with van der Waals surface area (Å²) < 4.78 is 7.92. The summed E-state index contributed by atoms with van der Waals surface area (Å²) in [5, 5.41) is 10.5. The molecule has 2 aliphatic rings. The molecule has 2 aromatic carbocycles. The van der Waals surface area contributed by atoms with Crippen molar-refractivity contribution in [3.63, 3.8) is 0 Å². The molecule has 0 saturated carbocycles. The second-order valence-electron chi connectivity index (χ2n) is 8.22. The van der Waals surface area contributed by atoms with Crippen LogP contribution in [0.4, 0.5) is 0 Å². The Bertz CT molecular complexity index is 1210. The van der Waals surface area contributed by atoms with Crippen molar-refractivity contribution in [1.82, 2.24) is 15.0 Å². The first-order chi connectivity index (χ1) is 15.0. The summed E-state index contributed by atoms with van der Waals surface area (Å²) in [6.45, 7) is 3.83. The first-order valence-corrected chi connectivity index (χ1v) is 12.5. The zero-order valence-electron chi connectivity index (χ0n) is 17.2. The molecule has 0 fully saturated rings. The number of rotatable bonds is 5. The zero-order valence-corrected chi connectivity index (χ0v) is 19.0. The Morgan fingerprint density at radius 2 is 1.68 bits per heavy atom. The van der Waals surface area contributed by atoms with E-state index in [4.69, 9.17) is 4.74 Å². The fourth-order valence-electron chi connectivity index (χ4n) is 4.20. The average molecular weight is 478 g/mol. The number of ketones is 2. The Kier molecular flexibility index (Phi) is 4.88. The molecule has 0 bridgehead atoms. The third-order valence-electron chi connectivity index (χ3n) is 5.59. The molecular weight excluding hydrogens is 457 g/mol. The van der Waals surface area contributed by atoms with E-state index in [1.807, 2.05) is 38.2 Å². The van der Waals surface area contributed by atoms with E-state index in [0.717, 1.165) is 16.3 Å². The van der Waals surface area contributed by atoms with Crippen molar-refractivity contribution in [3.05, 3.63) is 88.8 Å². The maximum atomic E-state index is 13.0. The third-order valence-corrected chi connectivity index (χ3v) is 7.77. The summed E-state index contributed by atoms with van der Waals surface area (Å²) in [5.41, 5.74) is 2.91. The number of hydrogen-bond donors (Lipinski definition) is 0. The monoisotopic (exact) mass is 479 g/mol. The van der Waals surface area contributed by atoms with Crippen molar-refractivity contribution in [1.29, 1.82) is 0 Å². The predicted octanol–water partition coefficient (Wildman–Crippen LogP) is 3.21. The van der Waals surface area contributed by atoms with Crippen molar-refractivity contribution in [2.45, 2.75) is 36.1 Å². The van der Waals surface area contributed by atoms with Gasteiger partial charge in [-0.15, -0.1) is 0 Å². The van der Waals surface area contributed by atoms with Gasteiger partial charge in [-0.05, 0) is 0 Å². The van der Waals surface area contributed by atoms with Gasteiger partial charge in [0.25, 0.3) is 0 Å². The number of benzene rings is 2. The number of carbonyl (C=O) groups excluding carboxylic acids is 2. The molecule has 0 saturated heterocycles. The van der Waals surface area contributed by atoms with Gasteiger partial charge >= 0.3 is 186 Å². The van der Waals surface area contributed by atoms with Gasteiger partial charge in [0, 0.05) is 0 Å². The molecule has 2 heterocycles. The number of ether oxygens (including phenoxy) is 1. The maximum absolute atomic E-state index is 13.0. The number of fused-ring (bicyclic) bond motifs is 2. The summed E-state index contributed by atoms with van der Waals surface area (Å²) in [6.07, 6.45) is 1.89. The molecule has 1 aromatic heterocycles. The summed E-state index contributed by atoms with van der Waals surface area (Å²) in [4.78, 5) is 25.8. The molecule has 1 aliphatic heterocycles. The van der Waals surface area contributed by atoms with Crippen LogP contribution in [0.15, 0.2) is 66.4 Å². The van der Waals surface area contributed by atoms with Crippen LogP contribution < -0.4 is 0 Å². The van der Waals surface area contributed by atoms with Gasteiger partial charge in [0.15, 0.2) is 0 Å². The van der Waals surface area contributed by atoms with E-state index in [9.17, 15) is 9.59 Å². The number of nitrogens with zero attached hydrogens (tertiary/aromatic N) is 3. The minimum absolute atomic E-state index is 0.351. The molecule has 7 heteroatoms. The normalized spacial score (nSPS) is 19.2. The van der Waals surface area contributed by atoms with Gasteiger partial charge in [0.1, 0.15) is 0 Å². The Morgan fingerprint density at radius 1 is 0.968 bits per heavy atom. The molecule has 1 atom stereocenters. The first-order valence-electron chi connectivity index (χ1n) is 10.1. The molecule has 3 aromatic rings. The fraction of sp³-hybridized carbons (Fsp3) is 0.250. The number of hydrogen-bond acceptors (Lipinski definition) is 5. The molecule has 5 rings (SSSR count). The van der Waals surface area contributed by atoms with E-state index >= 15 is 0 Å². The molecule has 0 spiro atoms. The van der Waals surface area contributed by atoms with Crippen LogP contribution in [0.2, 0.25) is 0 Å². The fourth-order valence-corrected chi connectivity index (χ4v) is 6.03. The summed E-state index contributed by atoms with van der Waals surface area (Å²) in [6, 6.07) is 17.0. The SMILES string of the molecule is CC1(C)OC2=C(C(=O)C(=O)c3ccccc32)C1n1cc(C[Se]Cc2ccccc2)nn1. The quantitative estimate of drug-likeness (QED) is 0.416. The predicted molar refractivity (Wildman–Crippen MR) is 117 cm³/mol. The molecule has 1 aliphatic carbocycles. The van der Waals surface area contributed by atoms with Crippen molar-refractivity contribution in [2.75, 3.05) is 0 Å². The Labute approximate surface area is 186 Å². The van der Waals surface area contributed by atoms with Crippen molar-refractivity contribution in [3.8, 4) is 0 Å². The molecule has 0 radical (unpaired) electrons. The van der Waals surface area contributed by atoms with E-state index in [2.05, 4.69) is 34.6 Å². The van der Waals surface area contributed by atoms with Crippen LogP contribution in [0.25, 0.3) is 5.76 Å². The van der Waals surface area contributed by atoms with Gasteiger partial charge in [-0.2, -0.15) is 0 Å². The van der Waals surface area contributed by atoms with Crippen LogP contribution in [0.5, 0.6) is 0 Å². The Balaban J connectivity index is 1.43. The zero-order chi connectivity index (χ0) is 21.6. The van der Waals surface area contributed by atoms with Crippen molar-refractivity contribution < 1.29 is 14.3 Å².